The number of benzene rings is 2. The van der Waals surface area contributed by atoms with Gasteiger partial charge < -0.3 is 19.7 Å². The molecule has 2 unspecified atom stereocenters. The van der Waals surface area contributed by atoms with Crippen molar-refractivity contribution >= 4 is 5.97 Å². The molecule has 0 fully saturated rings. The highest BCUT2D eigenvalue weighted by Gasteiger charge is 2.20. The van der Waals surface area contributed by atoms with E-state index in [4.69, 9.17) is 9.47 Å². The number of aryl methyl sites for hydroxylation is 1. The van der Waals surface area contributed by atoms with Crippen molar-refractivity contribution in [2.24, 2.45) is 0 Å². The summed E-state index contributed by atoms with van der Waals surface area (Å²) in [5.74, 6) is -0.549. The molecule has 0 aliphatic heterocycles. The standard InChI is InChI=1S/C19H22O5/c1-13-5-3-4-6-17(13)14(2)23-12-11-18(19(21)22)24-16-9-7-15(20)8-10-16/h3-10,14,18,20H,11-12H2,1-2H3,(H,21,22). The van der Waals surface area contributed by atoms with Crippen molar-refractivity contribution < 1.29 is 24.5 Å². The van der Waals surface area contributed by atoms with E-state index in [1.54, 1.807) is 0 Å². The van der Waals surface area contributed by atoms with Gasteiger partial charge in [-0.15, -0.1) is 0 Å². The predicted molar refractivity (Wildman–Crippen MR) is 90.3 cm³/mol. The predicted octanol–water partition coefficient (Wildman–Crippen LogP) is 3.70. The molecule has 0 heterocycles. The zero-order valence-corrected chi connectivity index (χ0v) is 13.8. The molecule has 0 aliphatic rings. The Morgan fingerprint density at radius 3 is 2.42 bits per heavy atom. The molecule has 0 saturated heterocycles. The minimum absolute atomic E-state index is 0.101. The Kier molecular flexibility index (Phi) is 6.21. The summed E-state index contributed by atoms with van der Waals surface area (Å²) in [6.07, 6.45) is -0.889. The van der Waals surface area contributed by atoms with Crippen LogP contribution in [0.3, 0.4) is 0 Å². The van der Waals surface area contributed by atoms with E-state index in [-0.39, 0.29) is 24.9 Å². The van der Waals surface area contributed by atoms with Crippen LogP contribution < -0.4 is 4.74 Å². The number of carbonyl (C=O) groups is 1. The van der Waals surface area contributed by atoms with Gasteiger partial charge >= 0.3 is 5.97 Å². The monoisotopic (exact) mass is 330 g/mol. The number of hydrogen-bond acceptors (Lipinski definition) is 4. The molecule has 0 radical (unpaired) electrons. The minimum atomic E-state index is -1.05. The summed E-state index contributed by atoms with van der Waals surface area (Å²) < 4.78 is 11.2. The molecule has 0 aromatic heterocycles. The van der Waals surface area contributed by atoms with Crippen LogP contribution in [0.4, 0.5) is 0 Å². The van der Waals surface area contributed by atoms with Crippen molar-refractivity contribution in [2.75, 3.05) is 6.61 Å². The van der Waals surface area contributed by atoms with Gasteiger partial charge in [0.25, 0.3) is 0 Å². The van der Waals surface area contributed by atoms with Crippen molar-refractivity contribution in [1.82, 2.24) is 0 Å². The number of phenols is 1. The van der Waals surface area contributed by atoms with Gasteiger partial charge in [-0.2, -0.15) is 0 Å². The number of phenolic OH excluding ortho intramolecular Hbond substituents is 1. The van der Waals surface area contributed by atoms with Gasteiger partial charge in [0.1, 0.15) is 11.5 Å². The maximum atomic E-state index is 11.3. The Bertz CT molecular complexity index is 666. The summed E-state index contributed by atoms with van der Waals surface area (Å²) in [5.41, 5.74) is 2.23. The second-order valence-corrected chi connectivity index (χ2v) is 5.60. The van der Waals surface area contributed by atoms with Crippen LogP contribution in [0.2, 0.25) is 0 Å². The lowest BCUT2D eigenvalue weighted by molar-refractivity contribution is -0.146. The first-order chi connectivity index (χ1) is 11.5. The molecule has 5 heteroatoms. The lowest BCUT2D eigenvalue weighted by Crippen LogP contribution is -2.28. The second-order valence-electron chi connectivity index (χ2n) is 5.60. The molecule has 0 amide bonds. The van der Waals surface area contributed by atoms with Gasteiger partial charge in [-0.1, -0.05) is 24.3 Å². The number of aromatic hydroxyl groups is 1. The van der Waals surface area contributed by atoms with E-state index in [9.17, 15) is 15.0 Å². The Balaban J connectivity index is 1.88. The minimum Gasteiger partial charge on any atom is -0.508 e. The van der Waals surface area contributed by atoms with Crippen LogP contribution in [0.5, 0.6) is 11.5 Å². The first kappa shape index (κ1) is 17.8. The highest BCUT2D eigenvalue weighted by Crippen LogP contribution is 2.22. The molecule has 5 nitrogen and oxygen atoms in total. The molecule has 2 rings (SSSR count). The van der Waals surface area contributed by atoms with Crippen LogP contribution in [0.15, 0.2) is 48.5 Å². The summed E-state index contributed by atoms with van der Waals surface area (Å²) in [5, 5.41) is 18.5. The summed E-state index contributed by atoms with van der Waals surface area (Å²) in [7, 11) is 0. The van der Waals surface area contributed by atoms with Crippen molar-refractivity contribution in [3.63, 3.8) is 0 Å². The molecule has 0 spiro atoms. The van der Waals surface area contributed by atoms with Gasteiger partial charge in [0.15, 0.2) is 6.10 Å². The Morgan fingerprint density at radius 1 is 1.12 bits per heavy atom. The maximum absolute atomic E-state index is 11.3. The largest absolute Gasteiger partial charge is 0.508 e. The average Bonchev–Trinajstić information content (AvgIpc) is 2.56. The number of carboxylic acids is 1. The lowest BCUT2D eigenvalue weighted by atomic mass is 10.0. The normalized spacial score (nSPS) is 13.2. The Morgan fingerprint density at radius 2 is 1.79 bits per heavy atom. The lowest BCUT2D eigenvalue weighted by Gasteiger charge is -2.18. The fraction of sp³-hybridized carbons (Fsp3) is 0.316. The van der Waals surface area contributed by atoms with Gasteiger partial charge in [0.2, 0.25) is 0 Å². The van der Waals surface area contributed by atoms with Crippen LogP contribution in [-0.2, 0) is 9.53 Å². The highest BCUT2D eigenvalue weighted by molar-refractivity contribution is 5.72. The number of carboxylic acid groups (broad SMARTS) is 1. The van der Waals surface area contributed by atoms with Crippen LogP contribution in [0.25, 0.3) is 0 Å². The molecule has 2 aromatic rings. The highest BCUT2D eigenvalue weighted by atomic mass is 16.5. The molecule has 0 saturated carbocycles. The van der Waals surface area contributed by atoms with Crippen LogP contribution in [0.1, 0.15) is 30.6 Å². The molecular formula is C19H22O5. The van der Waals surface area contributed by atoms with Crippen LogP contribution >= 0.6 is 0 Å². The van der Waals surface area contributed by atoms with E-state index >= 15 is 0 Å². The first-order valence-corrected chi connectivity index (χ1v) is 7.83. The quantitative estimate of drug-likeness (QED) is 0.772. The maximum Gasteiger partial charge on any atom is 0.344 e. The average molecular weight is 330 g/mol. The Labute approximate surface area is 141 Å². The third-order valence-corrected chi connectivity index (χ3v) is 3.76. The molecule has 2 N–H and O–H groups in total. The molecule has 0 aliphatic carbocycles. The van der Waals surface area contributed by atoms with Gasteiger partial charge in [-0.25, -0.2) is 4.79 Å². The van der Waals surface area contributed by atoms with Crippen molar-refractivity contribution in [2.45, 2.75) is 32.5 Å². The van der Waals surface area contributed by atoms with Crippen molar-refractivity contribution in [1.29, 1.82) is 0 Å². The molecule has 2 atom stereocenters. The van der Waals surface area contributed by atoms with Crippen LogP contribution in [-0.4, -0.2) is 28.9 Å². The SMILES string of the molecule is Cc1ccccc1C(C)OCCC(Oc1ccc(O)cc1)C(=O)O. The summed E-state index contributed by atoms with van der Waals surface area (Å²) in [6, 6.07) is 13.9. The molecule has 2 aromatic carbocycles. The smallest absolute Gasteiger partial charge is 0.344 e. The molecule has 0 bridgehead atoms. The fourth-order valence-corrected chi connectivity index (χ4v) is 2.41. The number of ether oxygens (including phenoxy) is 2. The van der Waals surface area contributed by atoms with Gasteiger partial charge in [0.05, 0.1) is 12.7 Å². The van der Waals surface area contributed by atoms with E-state index in [0.717, 1.165) is 11.1 Å². The zero-order valence-electron chi connectivity index (χ0n) is 13.8. The molecule has 24 heavy (non-hydrogen) atoms. The molecular weight excluding hydrogens is 308 g/mol. The van der Waals surface area contributed by atoms with Gasteiger partial charge in [-0.05, 0) is 49.2 Å². The van der Waals surface area contributed by atoms with E-state index in [1.807, 2.05) is 38.1 Å². The molecule has 128 valence electrons. The Hall–Kier alpha value is -2.53. The number of hydrogen-bond donors (Lipinski definition) is 2. The summed E-state index contributed by atoms with van der Waals surface area (Å²) in [6.45, 7) is 4.23. The van der Waals surface area contributed by atoms with E-state index in [1.165, 1.54) is 24.3 Å². The summed E-state index contributed by atoms with van der Waals surface area (Å²) in [4.78, 5) is 11.3. The number of rotatable bonds is 8. The first-order valence-electron chi connectivity index (χ1n) is 7.83. The third kappa shape index (κ3) is 4.99. The fourth-order valence-electron chi connectivity index (χ4n) is 2.41. The van der Waals surface area contributed by atoms with Crippen molar-refractivity contribution in [3.8, 4) is 11.5 Å². The van der Waals surface area contributed by atoms with E-state index in [0.29, 0.717) is 5.75 Å². The van der Waals surface area contributed by atoms with Gasteiger partial charge in [-0.3, -0.25) is 0 Å². The van der Waals surface area contributed by atoms with E-state index in [2.05, 4.69) is 0 Å². The summed E-state index contributed by atoms with van der Waals surface area (Å²) >= 11 is 0. The zero-order chi connectivity index (χ0) is 17.5. The van der Waals surface area contributed by atoms with Gasteiger partial charge in [0, 0.05) is 6.42 Å². The van der Waals surface area contributed by atoms with Crippen LogP contribution in [0, 0.1) is 6.92 Å². The number of aliphatic carboxylic acids is 1. The van der Waals surface area contributed by atoms with Crippen molar-refractivity contribution in [3.05, 3.63) is 59.7 Å². The second kappa shape index (κ2) is 8.36. The topological polar surface area (TPSA) is 76.0 Å². The third-order valence-electron chi connectivity index (χ3n) is 3.76. The van der Waals surface area contributed by atoms with E-state index < -0.39 is 12.1 Å².